The van der Waals surface area contributed by atoms with Gasteiger partial charge in [-0.1, -0.05) is 13.8 Å². The van der Waals surface area contributed by atoms with Crippen LogP contribution in [0.4, 0.5) is 5.82 Å². The molecule has 0 aliphatic carbocycles. The van der Waals surface area contributed by atoms with Crippen LogP contribution >= 0.6 is 11.6 Å². The number of methoxy groups -OCH3 is 1. The van der Waals surface area contributed by atoms with E-state index in [1.807, 2.05) is 12.3 Å². The van der Waals surface area contributed by atoms with E-state index in [2.05, 4.69) is 29.8 Å². The van der Waals surface area contributed by atoms with E-state index < -0.39 is 0 Å². The van der Waals surface area contributed by atoms with Crippen LogP contribution in [0.25, 0.3) is 0 Å². The number of ether oxygens (including phenoxy) is 1. The molecule has 1 heterocycles. The first-order chi connectivity index (χ1) is 8.76. The van der Waals surface area contributed by atoms with Gasteiger partial charge >= 0.3 is 0 Å². The minimum Gasteiger partial charge on any atom is -0.383 e. The van der Waals surface area contributed by atoms with Gasteiger partial charge in [0.05, 0.1) is 6.61 Å². The fraction of sp³-hybridized carbons (Fsp3) is 0.643. The van der Waals surface area contributed by atoms with Gasteiger partial charge in [0.25, 0.3) is 0 Å². The molecule has 18 heavy (non-hydrogen) atoms. The SMILES string of the molecule is CCC(CC)N(CCOC)c1cc(CCl)ccn1. The maximum Gasteiger partial charge on any atom is 0.129 e. The Morgan fingerprint density at radius 3 is 2.67 bits per heavy atom. The van der Waals surface area contributed by atoms with Crippen molar-refractivity contribution in [3.05, 3.63) is 23.9 Å². The lowest BCUT2D eigenvalue weighted by atomic mass is 10.1. The van der Waals surface area contributed by atoms with E-state index in [4.69, 9.17) is 16.3 Å². The van der Waals surface area contributed by atoms with Gasteiger partial charge in [-0.05, 0) is 30.5 Å². The second-order valence-corrected chi connectivity index (χ2v) is 4.58. The molecule has 0 aliphatic heterocycles. The molecule has 4 heteroatoms. The molecule has 0 N–H and O–H groups in total. The highest BCUT2D eigenvalue weighted by Gasteiger charge is 2.16. The van der Waals surface area contributed by atoms with Gasteiger partial charge in [-0.25, -0.2) is 4.98 Å². The Kier molecular flexibility index (Phi) is 7.06. The Morgan fingerprint density at radius 2 is 2.11 bits per heavy atom. The fourth-order valence-electron chi connectivity index (χ4n) is 2.10. The zero-order chi connectivity index (χ0) is 13.4. The maximum absolute atomic E-state index is 5.88. The summed E-state index contributed by atoms with van der Waals surface area (Å²) in [6.07, 6.45) is 4.04. The molecule has 0 amide bonds. The molecule has 0 bridgehead atoms. The van der Waals surface area contributed by atoms with Crippen LogP contribution in [0.5, 0.6) is 0 Å². The van der Waals surface area contributed by atoms with E-state index in [-0.39, 0.29) is 0 Å². The van der Waals surface area contributed by atoms with E-state index in [1.165, 1.54) is 0 Å². The van der Waals surface area contributed by atoms with Crippen LogP contribution in [0.15, 0.2) is 18.3 Å². The third kappa shape index (κ3) is 4.14. The van der Waals surface area contributed by atoms with Gasteiger partial charge in [-0.2, -0.15) is 0 Å². The molecular formula is C14H23ClN2O. The molecule has 0 saturated carbocycles. The van der Waals surface area contributed by atoms with Crippen LogP contribution in [0, 0.1) is 0 Å². The van der Waals surface area contributed by atoms with Crippen molar-refractivity contribution in [2.45, 2.75) is 38.6 Å². The van der Waals surface area contributed by atoms with Crippen LogP contribution in [0.1, 0.15) is 32.3 Å². The number of anilines is 1. The fourth-order valence-corrected chi connectivity index (χ4v) is 2.27. The molecule has 3 nitrogen and oxygen atoms in total. The molecule has 1 rings (SSSR count). The summed E-state index contributed by atoms with van der Waals surface area (Å²) in [6.45, 7) is 5.99. The topological polar surface area (TPSA) is 25.4 Å². The van der Waals surface area contributed by atoms with Crippen molar-refractivity contribution < 1.29 is 4.74 Å². The molecule has 102 valence electrons. The van der Waals surface area contributed by atoms with Crippen LogP contribution in [0.2, 0.25) is 0 Å². The molecule has 0 fully saturated rings. The van der Waals surface area contributed by atoms with Crippen LogP contribution in [0.3, 0.4) is 0 Å². The van der Waals surface area contributed by atoms with E-state index in [1.54, 1.807) is 7.11 Å². The molecule has 1 aromatic heterocycles. The summed E-state index contributed by atoms with van der Waals surface area (Å²) >= 11 is 5.88. The second-order valence-electron chi connectivity index (χ2n) is 4.31. The Hall–Kier alpha value is -0.800. The van der Waals surface area contributed by atoms with Gasteiger partial charge in [-0.15, -0.1) is 11.6 Å². The smallest absolute Gasteiger partial charge is 0.129 e. The average Bonchev–Trinajstić information content (AvgIpc) is 2.43. The van der Waals surface area contributed by atoms with Crippen molar-refractivity contribution in [3.8, 4) is 0 Å². The number of halogens is 1. The number of hydrogen-bond acceptors (Lipinski definition) is 3. The summed E-state index contributed by atoms with van der Waals surface area (Å²) in [4.78, 5) is 6.79. The number of pyridine rings is 1. The summed E-state index contributed by atoms with van der Waals surface area (Å²) in [5.74, 6) is 1.52. The van der Waals surface area contributed by atoms with Gasteiger partial charge in [-0.3, -0.25) is 0 Å². The van der Waals surface area contributed by atoms with Gasteiger partial charge in [0.15, 0.2) is 0 Å². The minimum atomic E-state index is 0.498. The highest BCUT2D eigenvalue weighted by atomic mass is 35.5. The maximum atomic E-state index is 5.88. The standard InChI is InChI=1S/C14H23ClN2O/c1-4-13(5-2)17(8-9-18-3)14-10-12(11-15)6-7-16-14/h6-7,10,13H,4-5,8-9,11H2,1-3H3. The Labute approximate surface area is 115 Å². The highest BCUT2D eigenvalue weighted by Crippen LogP contribution is 2.19. The average molecular weight is 271 g/mol. The summed E-state index contributed by atoms with van der Waals surface area (Å²) < 4.78 is 5.19. The number of hydrogen-bond donors (Lipinski definition) is 0. The third-order valence-corrected chi connectivity index (χ3v) is 3.49. The first-order valence-corrected chi connectivity index (χ1v) is 7.06. The molecule has 1 aromatic rings. The molecule has 0 aromatic carbocycles. The summed E-state index contributed by atoms with van der Waals surface area (Å²) in [5.41, 5.74) is 1.11. The largest absolute Gasteiger partial charge is 0.383 e. The second kappa shape index (κ2) is 8.33. The Balaban J connectivity index is 2.92. The molecule has 0 aliphatic rings. The number of rotatable bonds is 8. The van der Waals surface area contributed by atoms with Crippen molar-refractivity contribution >= 4 is 17.4 Å². The quantitative estimate of drug-likeness (QED) is 0.677. The number of alkyl halides is 1. The number of nitrogens with zero attached hydrogens (tertiary/aromatic N) is 2. The summed E-state index contributed by atoms with van der Waals surface area (Å²) in [5, 5.41) is 0. The number of aromatic nitrogens is 1. The lowest BCUT2D eigenvalue weighted by molar-refractivity contribution is 0.202. The molecular weight excluding hydrogens is 248 g/mol. The summed E-state index contributed by atoms with van der Waals surface area (Å²) in [7, 11) is 1.73. The predicted octanol–water partition coefficient (Wildman–Crippen LogP) is 3.46. The van der Waals surface area contributed by atoms with Gasteiger partial charge in [0.2, 0.25) is 0 Å². The van der Waals surface area contributed by atoms with Crippen molar-refractivity contribution in [3.63, 3.8) is 0 Å². The zero-order valence-corrected chi connectivity index (χ0v) is 12.3. The lowest BCUT2D eigenvalue weighted by Crippen LogP contribution is -2.37. The first kappa shape index (κ1) is 15.3. The monoisotopic (exact) mass is 270 g/mol. The predicted molar refractivity (Wildman–Crippen MR) is 77.4 cm³/mol. The van der Waals surface area contributed by atoms with E-state index in [9.17, 15) is 0 Å². The molecule has 0 spiro atoms. The normalized spacial score (nSPS) is 10.9. The minimum absolute atomic E-state index is 0.498. The molecule has 0 atom stereocenters. The van der Waals surface area contributed by atoms with Crippen LogP contribution in [-0.4, -0.2) is 31.3 Å². The lowest BCUT2D eigenvalue weighted by Gasteiger charge is -2.31. The Morgan fingerprint density at radius 1 is 1.39 bits per heavy atom. The molecule has 0 unspecified atom stereocenters. The van der Waals surface area contributed by atoms with Crippen molar-refractivity contribution in [1.29, 1.82) is 0 Å². The third-order valence-electron chi connectivity index (χ3n) is 3.18. The molecule has 0 radical (unpaired) electrons. The first-order valence-electron chi connectivity index (χ1n) is 6.53. The van der Waals surface area contributed by atoms with Crippen molar-refractivity contribution in [2.75, 3.05) is 25.2 Å². The Bertz CT molecular complexity index is 342. The highest BCUT2D eigenvalue weighted by molar-refractivity contribution is 6.17. The van der Waals surface area contributed by atoms with Crippen LogP contribution in [-0.2, 0) is 10.6 Å². The van der Waals surface area contributed by atoms with E-state index >= 15 is 0 Å². The van der Waals surface area contributed by atoms with Crippen LogP contribution < -0.4 is 4.90 Å². The summed E-state index contributed by atoms with van der Waals surface area (Å²) in [6, 6.07) is 4.53. The van der Waals surface area contributed by atoms with Gasteiger partial charge in [0, 0.05) is 31.8 Å². The van der Waals surface area contributed by atoms with Crippen molar-refractivity contribution in [2.24, 2.45) is 0 Å². The molecule has 0 saturated heterocycles. The van der Waals surface area contributed by atoms with E-state index in [0.29, 0.717) is 18.5 Å². The van der Waals surface area contributed by atoms with Gasteiger partial charge in [0.1, 0.15) is 5.82 Å². The van der Waals surface area contributed by atoms with E-state index in [0.717, 1.165) is 30.8 Å². The van der Waals surface area contributed by atoms with Crippen molar-refractivity contribution in [1.82, 2.24) is 4.98 Å². The van der Waals surface area contributed by atoms with Gasteiger partial charge < -0.3 is 9.64 Å². The zero-order valence-electron chi connectivity index (χ0n) is 11.5.